The summed E-state index contributed by atoms with van der Waals surface area (Å²) in [5, 5.41) is 3.38. The van der Waals surface area contributed by atoms with Crippen molar-refractivity contribution in [2.75, 3.05) is 5.32 Å². The molecule has 3 N–H and O–H groups in total. The van der Waals surface area contributed by atoms with E-state index in [4.69, 9.17) is 5.73 Å². The van der Waals surface area contributed by atoms with Crippen LogP contribution in [0.5, 0.6) is 0 Å². The van der Waals surface area contributed by atoms with Crippen molar-refractivity contribution in [1.29, 1.82) is 0 Å². The number of anilines is 1. The first-order valence-corrected chi connectivity index (χ1v) is 8.29. The summed E-state index contributed by atoms with van der Waals surface area (Å²) in [6.07, 6.45) is 4.06. The minimum Gasteiger partial charge on any atom is -0.365 e. The number of carbonyl (C=O) groups excluding carboxylic acids is 2. The lowest BCUT2D eigenvalue weighted by Gasteiger charge is -2.36. The maximum atomic E-state index is 11.7. The molecule has 1 aromatic heterocycles. The smallest absolute Gasteiger partial charge is 0.251 e. The van der Waals surface area contributed by atoms with Gasteiger partial charge in [-0.3, -0.25) is 9.59 Å². The summed E-state index contributed by atoms with van der Waals surface area (Å²) in [6, 6.07) is 0. The molecule has 116 valence electrons. The maximum Gasteiger partial charge on any atom is 0.251 e. The molecule has 1 aromatic rings. The molecule has 1 unspecified atom stereocenters. The van der Waals surface area contributed by atoms with Gasteiger partial charge >= 0.3 is 0 Å². The Morgan fingerprint density at radius 2 is 2.10 bits per heavy atom. The summed E-state index contributed by atoms with van der Waals surface area (Å²) in [5.41, 5.74) is 7.40. The Morgan fingerprint density at radius 1 is 1.43 bits per heavy atom. The summed E-state index contributed by atoms with van der Waals surface area (Å²) in [6.45, 7) is 8.29. The van der Waals surface area contributed by atoms with E-state index in [9.17, 15) is 9.59 Å². The lowest BCUT2D eigenvalue weighted by Crippen LogP contribution is -2.29. The molecule has 0 aromatic carbocycles. The Balaban J connectivity index is 2.37. The van der Waals surface area contributed by atoms with Gasteiger partial charge in [-0.25, -0.2) is 0 Å². The number of fused-ring (bicyclic) bond motifs is 1. The molecule has 21 heavy (non-hydrogen) atoms. The van der Waals surface area contributed by atoms with Gasteiger partial charge in [-0.1, -0.05) is 27.2 Å². The van der Waals surface area contributed by atoms with E-state index in [1.54, 1.807) is 0 Å². The molecule has 4 nitrogen and oxygen atoms in total. The first-order valence-electron chi connectivity index (χ1n) is 7.48. The van der Waals surface area contributed by atoms with Crippen LogP contribution in [0.4, 0.5) is 5.00 Å². The summed E-state index contributed by atoms with van der Waals surface area (Å²) in [5.74, 6) is 0.00513. The summed E-state index contributed by atoms with van der Waals surface area (Å²) in [4.78, 5) is 24.3. The first-order chi connectivity index (χ1) is 9.76. The number of primary amides is 1. The van der Waals surface area contributed by atoms with Crippen LogP contribution in [-0.4, -0.2) is 11.8 Å². The SMILES string of the molecule is CCC(C)(C)C1CCc2c(sc(NC(C)=O)c2C(N)=O)C1. The van der Waals surface area contributed by atoms with Crippen LogP contribution in [-0.2, 0) is 17.6 Å². The zero-order chi connectivity index (χ0) is 15.8. The average molecular weight is 308 g/mol. The van der Waals surface area contributed by atoms with Crippen molar-refractivity contribution in [2.24, 2.45) is 17.1 Å². The van der Waals surface area contributed by atoms with E-state index < -0.39 is 5.91 Å². The Bertz CT molecular complexity index is 575. The van der Waals surface area contributed by atoms with E-state index in [0.29, 0.717) is 21.9 Å². The van der Waals surface area contributed by atoms with Gasteiger partial charge in [0.2, 0.25) is 5.91 Å². The Kier molecular flexibility index (Phi) is 4.42. The number of hydrogen-bond acceptors (Lipinski definition) is 3. The molecule has 5 heteroatoms. The van der Waals surface area contributed by atoms with E-state index in [0.717, 1.165) is 31.2 Å². The van der Waals surface area contributed by atoms with Crippen LogP contribution < -0.4 is 11.1 Å². The number of thiophene rings is 1. The van der Waals surface area contributed by atoms with Crippen molar-refractivity contribution in [1.82, 2.24) is 0 Å². The topological polar surface area (TPSA) is 72.2 Å². The highest BCUT2D eigenvalue weighted by Gasteiger charge is 2.34. The van der Waals surface area contributed by atoms with Crippen LogP contribution >= 0.6 is 11.3 Å². The van der Waals surface area contributed by atoms with Gasteiger partial charge < -0.3 is 11.1 Å². The Hall–Kier alpha value is -1.36. The van der Waals surface area contributed by atoms with Crippen LogP contribution in [0.15, 0.2) is 0 Å². The zero-order valence-corrected chi connectivity index (χ0v) is 14.0. The Labute approximate surface area is 130 Å². The highest BCUT2D eigenvalue weighted by molar-refractivity contribution is 7.17. The molecule has 0 saturated heterocycles. The van der Waals surface area contributed by atoms with E-state index in [1.165, 1.54) is 23.1 Å². The van der Waals surface area contributed by atoms with Gasteiger partial charge in [0.25, 0.3) is 5.91 Å². The summed E-state index contributed by atoms with van der Waals surface area (Å²) >= 11 is 1.52. The van der Waals surface area contributed by atoms with Gasteiger partial charge in [-0.05, 0) is 36.2 Å². The fourth-order valence-electron chi connectivity index (χ4n) is 3.05. The molecule has 0 bridgehead atoms. The molecule has 1 heterocycles. The fraction of sp³-hybridized carbons (Fsp3) is 0.625. The van der Waals surface area contributed by atoms with Crippen LogP contribution in [0.25, 0.3) is 0 Å². The minimum atomic E-state index is -0.440. The molecular formula is C16H24N2O2S. The largest absolute Gasteiger partial charge is 0.365 e. The average Bonchev–Trinajstić information content (AvgIpc) is 2.74. The second-order valence-electron chi connectivity index (χ2n) is 6.54. The van der Waals surface area contributed by atoms with Gasteiger partial charge in [0.05, 0.1) is 5.56 Å². The number of hydrogen-bond donors (Lipinski definition) is 2. The van der Waals surface area contributed by atoms with E-state index in [2.05, 4.69) is 26.1 Å². The predicted octanol–water partition coefficient (Wildman–Crippen LogP) is 3.35. The zero-order valence-electron chi connectivity index (χ0n) is 13.2. The molecule has 1 aliphatic carbocycles. The third-order valence-corrected chi connectivity index (χ3v) is 5.99. The standard InChI is InChI=1S/C16H24N2O2S/c1-5-16(3,4)10-6-7-11-12(8-10)21-15(18-9(2)19)13(11)14(17)20/h10H,5-8H2,1-4H3,(H2,17,20)(H,18,19). The number of amides is 2. The van der Waals surface area contributed by atoms with Crippen molar-refractivity contribution < 1.29 is 9.59 Å². The molecule has 2 rings (SSSR count). The highest BCUT2D eigenvalue weighted by Crippen LogP contribution is 2.45. The number of carbonyl (C=O) groups is 2. The van der Waals surface area contributed by atoms with Crippen LogP contribution in [0.2, 0.25) is 0 Å². The quantitative estimate of drug-likeness (QED) is 0.895. The molecule has 0 fully saturated rings. The van der Waals surface area contributed by atoms with Crippen LogP contribution in [0.1, 0.15) is 61.3 Å². The summed E-state index contributed by atoms with van der Waals surface area (Å²) in [7, 11) is 0. The monoisotopic (exact) mass is 308 g/mol. The Morgan fingerprint density at radius 3 is 2.62 bits per heavy atom. The fourth-order valence-corrected chi connectivity index (χ4v) is 4.43. The van der Waals surface area contributed by atoms with Gasteiger partial charge in [-0.2, -0.15) is 0 Å². The second kappa shape index (κ2) is 5.79. The van der Waals surface area contributed by atoms with Crippen molar-refractivity contribution in [3.63, 3.8) is 0 Å². The van der Waals surface area contributed by atoms with Crippen molar-refractivity contribution >= 4 is 28.2 Å². The highest BCUT2D eigenvalue weighted by atomic mass is 32.1. The van der Waals surface area contributed by atoms with E-state index >= 15 is 0 Å². The molecule has 0 spiro atoms. The third-order valence-electron chi connectivity index (χ3n) is 4.82. The van der Waals surface area contributed by atoms with Crippen molar-refractivity contribution in [3.8, 4) is 0 Å². The molecule has 1 aliphatic rings. The predicted molar refractivity (Wildman–Crippen MR) is 86.7 cm³/mol. The third kappa shape index (κ3) is 3.12. The maximum absolute atomic E-state index is 11.7. The molecule has 2 amide bonds. The summed E-state index contributed by atoms with van der Waals surface area (Å²) < 4.78 is 0. The van der Waals surface area contributed by atoms with E-state index in [-0.39, 0.29) is 5.91 Å². The molecule has 0 aliphatic heterocycles. The number of nitrogens with one attached hydrogen (secondary N) is 1. The number of rotatable bonds is 4. The lowest BCUT2D eigenvalue weighted by atomic mass is 9.69. The van der Waals surface area contributed by atoms with Crippen LogP contribution in [0, 0.1) is 11.3 Å². The van der Waals surface area contributed by atoms with Crippen LogP contribution in [0.3, 0.4) is 0 Å². The lowest BCUT2D eigenvalue weighted by molar-refractivity contribution is -0.114. The van der Waals surface area contributed by atoms with Crippen molar-refractivity contribution in [2.45, 2.75) is 53.4 Å². The second-order valence-corrected chi connectivity index (χ2v) is 7.64. The van der Waals surface area contributed by atoms with Gasteiger partial charge in [-0.15, -0.1) is 11.3 Å². The normalized spacial score (nSPS) is 18.2. The molecule has 1 atom stereocenters. The van der Waals surface area contributed by atoms with Gasteiger partial charge in [0.1, 0.15) is 5.00 Å². The molecule has 0 radical (unpaired) electrons. The molecular weight excluding hydrogens is 284 g/mol. The van der Waals surface area contributed by atoms with Crippen molar-refractivity contribution in [3.05, 3.63) is 16.0 Å². The van der Waals surface area contributed by atoms with Gasteiger partial charge in [0, 0.05) is 11.8 Å². The number of nitrogens with two attached hydrogens (primary N) is 1. The minimum absolute atomic E-state index is 0.165. The van der Waals surface area contributed by atoms with E-state index in [1.807, 2.05) is 0 Å². The van der Waals surface area contributed by atoms with Gasteiger partial charge in [0.15, 0.2) is 0 Å². The molecule has 0 saturated carbocycles. The first kappa shape index (κ1) is 16.0.